The number of H-pyrrole nitrogens is 1. The first-order valence-corrected chi connectivity index (χ1v) is 13.1. The number of thiophene rings is 1. The van der Waals surface area contributed by atoms with Crippen LogP contribution >= 0.6 is 11.3 Å². The molecule has 0 aliphatic carbocycles. The van der Waals surface area contributed by atoms with Gasteiger partial charge in [-0.05, 0) is 41.8 Å². The van der Waals surface area contributed by atoms with Gasteiger partial charge in [0.05, 0.1) is 35.1 Å². The molecule has 4 N–H and O–H groups in total. The summed E-state index contributed by atoms with van der Waals surface area (Å²) in [5.74, 6) is -0.492. The number of nitrogens with one attached hydrogen (secondary N) is 3. The van der Waals surface area contributed by atoms with Gasteiger partial charge in [-0.15, -0.1) is 11.3 Å². The Morgan fingerprint density at radius 3 is 2.82 bits per heavy atom. The molecular weight excluding hydrogens is 521 g/mol. The van der Waals surface area contributed by atoms with Gasteiger partial charge in [-0.2, -0.15) is 10.2 Å². The van der Waals surface area contributed by atoms with Crippen LogP contribution in [0.25, 0.3) is 21.3 Å². The largest absolute Gasteiger partial charge is 0.395 e. The second-order valence-corrected chi connectivity index (χ2v) is 10.2. The number of amides is 1. The van der Waals surface area contributed by atoms with Crippen molar-refractivity contribution < 1.29 is 14.3 Å². The number of aliphatic hydroxyl groups is 1. The Labute approximate surface area is 225 Å². The summed E-state index contributed by atoms with van der Waals surface area (Å²) in [6, 6.07) is 17.1. The van der Waals surface area contributed by atoms with Crippen LogP contribution in [-0.4, -0.2) is 55.6 Å². The lowest BCUT2D eigenvalue weighted by Gasteiger charge is -2.26. The Kier molecular flexibility index (Phi) is 6.65. The molecule has 3 aromatic heterocycles. The van der Waals surface area contributed by atoms with Crippen LogP contribution in [0.5, 0.6) is 0 Å². The van der Waals surface area contributed by atoms with Crippen molar-refractivity contribution in [2.45, 2.75) is 13.1 Å². The predicted octanol–water partition coefficient (Wildman–Crippen LogP) is 3.79. The van der Waals surface area contributed by atoms with Gasteiger partial charge in [0.15, 0.2) is 5.82 Å². The molecule has 1 aliphatic rings. The first kappa shape index (κ1) is 24.9. The minimum atomic E-state index is -0.588. The van der Waals surface area contributed by atoms with Gasteiger partial charge in [-0.25, -0.2) is 9.49 Å². The monoisotopic (exact) mass is 545 g/mol. The SMILES string of the molecule is O=C(Nc1cc(-c2cc(Nc3cc4n(n3)CCN(CCO)C4)c(=O)[nH]n2)ccc1F)c1cc2ccccc2s1. The zero-order valence-electron chi connectivity index (χ0n) is 20.6. The fourth-order valence-electron chi connectivity index (χ4n) is 4.56. The van der Waals surface area contributed by atoms with Crippen molar-refractivity contribution in [1.82, 2.24) is 24.9 Å². The number of halogens is 1. The van der Waals surface area contributed by atoms with Crippen LogP contribution in [0.3, 0.4) is 0 Å². The fraction of sp³-hybridized carbons (Fsp3) is 0.185. The number of nitrogens with zero attached hydrogens (tertiary/aromatic N) is 4. The minimum absolute atomic E-state index is 0.00618. The molecule has 12 heteroatoms. The van der Waals surface area contributed by atoms with Crippen LogP contribution in [0, 0.1) is 5.82 Å². The topological polar surface area (TPSA) is 128 Å². The highest BCUT2D eigenvalue weighted by molar-refractivity contribution is 7.20. The lowest BCUT2D eigenvalue weighted by Crippen LogP contribution is -2.35. The van der Waals surface area contributed by atoms with E-state index in [1.807, 2.05) is 35.0 Å². The molecule has 1 aliphatic heterocycles. The smallest absolute Gasteiger partial charge is 0.287 e. The number of aromatic amines is 1. The maximum absolute atomic E-state index is 14.7. The van der Waals surface area contributed by atoms with E-state index >= 15 is 0 Å². The molecule has 4 heterocycles. The molecule has 1 amide bonds. The van der Waals surface area contributed by atoms with Crippen molar-refractivity contribution in [2.75, 3.05) is 30.3 Å². The van der Waals surface area contributed by atoms with Crippen LogP contribution in [0.15, 0.2) is 65.5 Å². The molecule has 0 saturated heterocycles. The summed E-state index contributed by atoms with van der Waals surface area (Å²) in [7, 11) is 0. The standard InChI is InChI=1S/C27H24FN7O3S/c28-19-6-5-16(11-21(19)30-27(38)24-12-17-3-1-2-4-23(17)39-24)20-14-22(26(37)32-31-20)29-25-13-18-15-34(9-10-36)7-8-35(18)33-25/h1-6,11-14,36H,7-10,15H2,(H,30,38)(H,32,37)(H,29,31,33). The number of fused-ring (bicyclic) bond motifs is 2. The van der Waals surface area contributed by atoms with Gasteiger partial charge >= 0.3 is 0 Å². The Morgan fingerprint density at radius 1 is 1.10 bits per heavy atom. The third-order valence-corrected chi connectivity index (χ3v) is 7.63. The molecule has 5 aromatic rings. The van der Waals surface area contributed by atoms with Crippen molar-refractivity contribution in [3.05, 3.63) is 87.4 Å². The van der Waals surface area contributed by atoms with Crippen LogP contribution < -0.4 is 16.2 Å². The van der Waals surface area contributed by atoms with Crippen LogP contribution in [0.1, 0.15) is 15.4 Å². The summed E-state index contributed by atoms with van der Waals surface area (Å²) in [6.07, 6.45) is 0. The molecule has 39 heavy (non-hydrogen) atoms. The highest BCUT2D eigenvalue weighted by Crippen LogP contribution is 2.29. The average molecular weight is 546 g/mol. The van der Waals surface area contributed by atoms with Gasteiger partial charge in [0.25, 0.3) is 11.5 Å². The summed E-state index contributed by atoms with van der Waals surface area (Å²) in [4.78, 5) is 28.0. The number of rotatable bonds is 7. The molecule has 0 fully saturated rings. The number of anilines is 3. The number of β-amino-alcohol motifs (C(OH)–C–C–N with tert-alkyl or cyclic N) is 1. The van der Waals surface area contributed by atoms with Crippen molar-refractivity contribution in [3.63, 3.8) is 0 Å². The maximum atomic E-state index is 14.7. The number of hydrogen-bond donors (Lipinski definition) is 4. The fourth-order valence-corrected chi connectivity index (χ4v) is 5.51. The highest BCUT2D eigenvalue weighted by atomic mass is 32.1. The van der Waals surface area contributed by atoms with Gasteiger partial charge < -0.3 is 15.7 Å². The van der Waals surface area contributed by atoms with E-state index in [4.69, 9.17) is 0 Å². The van der Waals surface area contributed by atoms with Gasteiger partial charge in [0, 0.05) is 36.0 Å². The van der Waals surface area contributed by atoms with Crippen LogP contribution in [0.4, 0.5) is 21.6 Å². The van der Waals surface area contributed by atoms with Gasteiger partial charge in [-0.3, -0.25) is 19.2 Å². The van der Waals surface area contributed by atoms with Gasteiger partial charge in [0.2, 0.25) is 0 Å². The molecule has 0 unspecified atom stereocenters. The van der Waals surface area contributed by atoms with E-state index in [-0.39, 0.29) is 18.0 Å². The molecule has 0 bridgehead atoms. The highest BCUT2D eigenvalue weighted by Gasteiger charge is 2.19. The lowest BCUT2D eigenvalue weighted by atomic mass is 10.1. The predicted molar refractivity (Wildman–Crippen MR) is 148 cm³/mol. The number of carbonyl (C=O) groups excluding carboxylic acids is 1. The molecule has 0 spiro atoms. The summed E-state index contributed by atoms with van der Waals surface area (Å²) in [6.45, 7) is 2.79. The number of benzene rings is 2. The summed E-state index contributed by atoms with van der Waals surface area (Å²) < 4.78 is 17.5. The molecular formula is C27H24FN7O3S. The quantitative estimate of drug-likeness (QED) is 0.245. The molecule has 0 atom stereocenters. The van der Waals surface area contributed by atoms with E-state index in [9.17, 15) is 19.1 Å². The normalized spacial score (nSPS) is 13.4. The Morgan fingerprint density at radius 2 is 1.97 bits per heavy atom. The number of hydrogen-bond acceptors (Lipinski definition) is 8. The second kappa shape index (κ2) is 10.4. The molecule has 2 aromatic carbocycles. The molecule has 0 radical (unpaired) electrons. The van der Waals surface area contributed by atoms with Crippen molar-refractivity contribution >= 4 is 44.5 Å². The zero-order valence-corrected chi connectivity index (χ0v) is 21.5. The van der Waals surface area contributed by atoms with Gasteiger partial charge in [-0.1, -0.05) is 18.2 Å². The first-order chi connectivity index (χ1) is 19.0. The van der Waals surface area contributed by atoms with Gasteiger partial charge in [0.1, 0.15) is 11.5 Å². The van der Waals surface area contributed by atoms with Crippen LogP contribution in [0.2, 0.25) is 0 Å². The Bertz CT molecular complexity index is 1710. The molecule has 10 nitrogen and oxygen atoms in total. The summed E-state index contributed by atoms with van der Waals surface area (Å²) in [5.41, 5.74) is 1.65. The Balaban J connectivity index is 1.23. The summed E-state index contributed by atoms with van der Waals surface area (Å²) in [5, 5.41) is 27.0. The van der Waals surface area contributed by atoms with Crippen molar-refractivity contribution in [2.24, 2.45) is 0 Å². The third-order valence-electron chi connectivity index (χ3n) is 6.52. The van der Waals surface area contributed by atoms with Crippen molar-refractivity contribution in [3.8, 4) is 11.3 Å². The summed E-state index contributed by atoms with van der Waals surface area (Å²) >= 11 is 1.33. The Hall–Kier alpha value is -4.39. The number of aromatic nitrogens is 4. The molecule has 6 rings (SSSR count). The minimum Gasteiger partial charge on any atom is -0.395 e. The second-order valence-electron chi connectivity index (χ2n) is 9.16. The van der Waals surface area contributed by atoms with Crippen LogP contribution in [-0.2, 0) is 13.1 Å². The van der Waals surface area contributed by atoms with Crippen molar-refractivity contribution in [1.29, 1.82) is 0 Å². The maximum Gasteiger partial charge on any atom is 0.287 e. The molecule has 198 valence electrons. The van der Waals surface area contributed by atoms with E-state index in [1.165, 1.54) is 29.5 Å². The average Bonchev–Trinajstić information content (AvgIpc) is 3.55. The number of aliphatic hydroxyl groups excluding tert-OH is 1. The lowest BCUT2D eigenvalue weighted by molar-refractivity contribution is 0.103. The van der Waals surface area contributed by atoms with E-state index in [2.05, 4.69) is 30.8 Å². The zero-order chi connectivity index (χ0) is 26.9. The van der Waals surface area contributed by atoms with E-state index in [0.717, 1.165) is 22.3 Å². The van der Waals surface area contributed by atoms with E-state index < -0.39 is 17.3 Å². The third kappa shape index (κ3) is 5.17. The number of carbonyl (C=O) groups is 1. The first-order valence-electron chi connectivity index (χ1n) is 12.3. The van der Waals surface area contributed by atoms with E-state index in [1.54, 1.807) is 12.1 Å². The van der Waals surface area contributed by atoms with E-state index in [0.29, 0.717) is 41.6 Å². The molecule has 0 saturated carbocycles.